The van der Waals surface area contributed by atoms with Gasteiger partial charge in [-0.2, -0.15) is 0 Å². The standard InChI is InChI=1S/C16H20N2O3/c19-16(18-11-3-4-17-9-11)13-8-12(13)10-1-2-14-15(7-10)21-6-5-20-14/h1-2,7,11-13,17H,3-6,8-9H2,(H,18,19). The quantitative estimate of drug-likeness (QED) is 0.872. The summed E-state index contributed by atoms with van der Waals surface area (Å²) >= 11 is 0. The van der Waals surface area contributed by atoms with Crippen LogP contribution in [0.5, 0.6) is 11.5 Å². The third kappa shape index (κ3) is 2.58. The zero-order chi connectivity index (χ0) is 14.2. The van der Waals surface area contributed by atoms with Crippen LogP contribution in [0.1, 0.15) is 24.3 Å². The molecule has 0 bridgehead atoms. The second-order valence-electron chi connectivity index (χ2n) is 6.05. The molecule has 3 atom stereocenters. The summed E-state index contributed by atoms with van der Waals surface area (Å²) < 4.78 is 11.1. The number of nitrogens with one attached hydrogen (secondary N) is 2. The largest absolute Gasteiger partial charge is 0.486 e. The molecule has 1 saturated carbocycles. The van der Waals surface area contributed by atoms with Crippen LogP contribution in [0.4, 0.5) is 0 Å². The highest BCUT2D eigenvalue weighted by Crippen LogP contribution is 2.49. The van der Waals surface area contributed by atoms with Crippen molar-refractivity contribution in [1.29, 1.82) is 0 Å². The van der Waals surface area contributed by atoms with E-state index in [1.165, 1.54) is 5.56 Å². The van der Waals surface area contributed by atoms with Crippen LogP contribution < -0.4 is 20.1 Å². The van der Waals surface area contributed by atoms with Gasteiger partial charge in [0.2, 0.25) is 5.91 Å². The molecule has 21 heavy (non-hydrogen) atoms. The molecule has 2 heterocycles. The maximum atomic E-state index is 12.2. The summed E-state index contributed by atoms with van der Waals surface area (Å²) in [5, 5.41) is 6.41. The van der Waals surface area contributed by atoms with Crippen LogP contribution >= 0.6 is 0 Å². The highest BCUT2D eigenvalue weighted by molar-refractivity contribution is 5.83. The van der Waals surface area contributed by atoms with Gasteiger partial charge in [-0.05, 0) is 43.0 Å². The minimum Gasteiger partial charge on any atom is -0.486 e. The third-order valence-electron chi connectivity index (χ3n) is 4.53. The fourth-order valence-electron chi connectivity index (χ4n) is 3.23. The minimum absolute atomic E-state index is 0.119. The Morgan fingerprint density at radius 3 is 2.90 bits per heavy atom. The molecule has 1 saturated heterocycles. The predicted molar refractivity (Wildman–Crippen MR) is 77.7 cm³/mol. The SMILES string of the molecule is O=C(NC1CCNC1)C1CC1c1ccc2c(c1)OCCO2. The van der Waals surface area contributed by atoms with Crippen LogP contribution in [0.2, 0.25) is 0 Å². The Bertz CT molecular complexity index is 554. The van der Waals surface area contributed by atoms with Crippen molar-refractivity contribution >= 4 is 5.91 Å². The van der Waals surface area contributed by atoms with Gasteiger partial charge in [0, 0.05) is 18.5 Å². The summed E-state index contributed by atoms with van der Waals surface area (Å²) in [5.74, 6) is 2.26. The van der Waals surface area contributed by atoms with E-state index in [4.69, 9.17) is 9.47 Å². The first-order valence-corrected chi connectivity index (χ1v) is 7.72. The van der Waals surface area contributed by atoms with Gasteiger partial charge in [0.15, 0.2) is 11.5 Å². The predicted octanol–water partition coefficient (Wildman–Crippen LogP) is 1.04. The highest BCUT2D eigenvalue weighted by Gasteiger charge is 2.44. The Balaban J connectivity index is 1.40. The number of rotatable bonds is 3. The molecule has 1 aromatic rings. The summed E-state index contributed by atoms with van der Waals surface area (Å²) in [7, 11) is 0. The van der Waals surface area contributed by atoms with Crippen molar-refractivity contribution in [2.75, 3.05) is 26.3 Å². The van der Waals surface area contributed by atoms with E-state index < -0.39 is 0 Å². The van der Waals surface area contributed by atoms with E-state index in [1.54, 1.807) is 0 Å². The molecular formula is C16H20N2O3. The van der Waals surface area contributed by atoms with E-state index in [9.17, 15) is 4.79 Å². The number of fused-ring (bicyclic) bond motifs is 1. The first-order valence-electron chi connectivity index (χ1n) is 7.72. The van der Waals surface area contributed by atoms with Gasteiger partial charge in [0.25, 0.3) is 0 Å². The van der Waals surface area contributed by atoms with Crippen LogP contribution in [-0.2, 0) is 4.79 Å². The van der Waals surface area contributed by atoms with Crippen molar-refractivity contribution < 1.29 is 14.3 Å². The van der Waals surface area contributed by atoms with Gasteiger partial charge in [-0.25, -0.2) is 0 Å². The van der Waals surface area contributed by atoms with Gasteiger partial charge in [0.05, 0.1) is 0 Å². The molecule has 2 fully saturated rings. The second-order valence-corrected chi connectivity index (χ2v) is 6.05. The molecule has 5 heteroatoms. The Morgan fingerprint density at radius 2 is 2.10 bits per heavy atom. The molecule has 1 amide bonds. The molecule has 112 valence electrons. The molecule has 2 aliphatic heterocycles. The van der Waals surface area contributed by atoms with Crippen molar-refractivity contribution in [3.05, 3.63) is 23.8 Å². The van der Waals surface area contributed by atoms with Gasteiger partial charge in [-0.3, -0.25) is 4.79 Å². The molecule has 4 rings (SSSR count). The fourth-order valence-corrected chi connectivity index (χ4v) is 3.23. The number of amides is 1. The topological polar surface area (TPSA) is 59.6 Å². The lowest BCUT2D eigenvalue weighted by molar-refractivity contribution is -0.123. The van der Waals surface area contributed by atoms with E-state index in [-0.39, 0.29) is 11.8 Å². The van der Waals surface area contributed by atoms with Crippen molar-refractivity contribution in [1.82, 2.24) is 10.6 Å². The highest BCUT2D eigenvalue weighted by atomic mass is 16.6. The smallest absolute Gasteiger partial charge is 0.224 e. The summed E-state index contributed by atoms with van der Waals surface area (Å²) in [6.07, 6.45) is 1.97. The molecular weight excluding hydrogens is 268 g/mol. The Labute approximate surface area is 124 Å². The van der Waals surface area contributed by atoms with E-state index >= 15 is 0 Å². The molecule has 1 aromatic carbocycles. The Kier molecular flexibility index (Phi) is 3.22. The number of carbonyl (C=O) groups excluding carboxylic acids is 1. The van der Waals surface area contributed by atoms with Gasteiger partial charge in [-0.1, -0.05) is 6.07 Å². The third-order valence-corrected chi connectivity index (χ3v) is 4.53. The normalized spacial score (nSPS) is 30.0. The fraction of sp³-hybridized carbons (Fsp3) is 0.562. The average molecular weight is 288 g/mol. The van der Waals surface area contributed by atoms with Crippen molar-refractivity contribution in [3.8, 4) is 11.5 Å². The zero-order valence-electron chi connectivity index (χ0n) is 11.9. The number of carbonyl (C=O) groups is 1. The van der Waals surface area contributed by atoms with Gasteiger partial charge < -0.3 is 20.1 Å². The van der Waals surface area contributed by atoms with Crippen molar-refractivity contribution in [3.63, 3.8) is 0 Å². The Morgan fingerprint density at radius 1 is 1.24 bits per heavy atom. The molecule has 0 aromatic heterocycles. The number of ether oxygens (including phenoxy) is 2. The molecule has 3 aliphatic rings. The van der Waals surface area contributed by atoms with Crippen LogP contribution in [0.3, 0.4) is 0 Å². The summed E-state index contributed by atoms with van der Waals surface area (Å²) in [4.78, 5) is 12.2. The van der Waals surface area contributed by atoms with Crippen molar-refractivity contribution in [2.24, 2.45) is 5.92 Å². The molecule has 5 nitrogen and oxygen atoms in total. The monoisotopic (exact) mass is 288 g/mol. The molecule has 0 radical (unpaired) electrons. The first kappa shape index (κ1) is 13.0. The van der Waals surface area contributed by atoms with E-state index in [1.807, 2.05) is 12.1 Å². The molecule has 1 aliphatic carbocycles. The molecule has 3 unspecified atom stereocenters. The van der Waals surface area contributed by atoms with Crippen molar-refractivity contribution in [2.45, 2.75) is 24.8 Å². The number of hydrogen-bond donors (Lipinski definition) is 2. The molecule has 0 spiro atoms. The van der Waals surface area contributed by atoms with Gasteiger partial charge in [-0.15, -0.1) is 0 Å². The van der Waals surface area contributed by atoms with E-state index in [0.29, 0.717) is 25.2 Å². The number of benzene rings is 1. The lowest BCUT2D eigenvalue weighted by Gasteiger charge is -2.19. The zero-order valence-corrected chi connectivity index (χ0v) is 11.9. The van der Waals surface area contributed by atoms with Gasteiger partial charge in [0.1, 0.15) is 13.2 Å². The van der Waals surface area contributed by atoms with Crippen LogP contribution in [0, 0.1) is 5.92 Å². The van der Waals surface area contributed by atoms with Crippen LogP contribution in [-0.4, -0.2) is 38.3 Å². The molecule has 2 N–H and O–H groups in total. The van der Waals surface area contributed by atoms with Crippen LogP contribution in [0.25, 0.3) is 0 Å². The van der Waals surface area contributed by atoms with Gasteiger partial charge >= 0.3 is 0 Å². The second kappa shape index (κ2) is 5.22. The summed E-state index contributed by atoms with van der Waals surface area (Å²) in [5.41, 5.74) is 1.18. The average Bonchev–Trinajstić information content (AvgIpc) is 3.17. The van der Waals surface area contributed by atoms with Crippen LogP contribution in [0.15, 0.2) is 18.2 Å². The Hall–Kier alpha value is -1.75. The summed E-state index contributed by atoms with van der Waals surface area (Å²) in [6.45, 7) is 3.10. The lowest BCUT2D eigenvalue weighted by atomic mass is 10.1. The minimum atomic E-state index is 0.119. The van der Waals surface area contributed by atoms with E-state index in [2.05, 4.69) is 16.7 Å². The summed E-state index contributed by atoms with van der Waals surface area (Å²) in [6, 6.07) is 6.35. The lowest BCUT2D eigenvalue weighted by Crippen LogP contribution is -2.37. The van der Waals surface area contributed by atoms with E-state index in [0.717, 1.165) is 37.4 Å². The maximum absolute atomic E-state index is 12.2. The maximum Gasteiger partial charge on any atom is 0.224 e. The first-order chi connectivity index (χ1) is 10.3. The number of hydrogen-bond acceptors (Lipinski definition) is 4.